The van der Waals surface area contributed by atoms with Crippen molar-refractivity contribution < 1.29 is 0 Å². The maximum absolute atomic E-state index is 5.82. The number of aryl methyl sites for hydroxylation is 1. The lowest BCUT2D eigenvalue weighted by molar-refractivity contribution is 0.749. The Labute approximate surface area is 102 Å². The fraction of sp³-hybridized carbons (Fsp3) is 0.667. The lowest BCUT2D eigenvalue weighted by Gasteiger charge is -2.10. The van der Waals surface area contributed by atoms with Crippen LogP contribution in [0.15, 0.2) is 6.20 Å². The number of nitrogens with zero attached hydrogens (tertiary/aromatic N) is 2. The summed E-state index contributed by atoms with van der Waals surface area (Å²) in [6.07, 6.45) is 1.86. The third-order valence-electron chi connectivity index (χ3n) is 2.24. The zero-order chi connectivity index (χ0) is 12.1. The van der Waals surface area contributed by atoms with Crippen molar-refractivity contribution >= 4 is 11.8 Å². The minimum atomic E-state index is 0.0115. The van der Waals surface area contributed by atoms with Gasteiger partial charge >= 0.3 is 0 Å². The van der Waals surface area contributed by atoms with Crippen LogP contribution in [-0.4, -0.2) is 15.7 Å². The van der Waals surface area contributed by atoms with Crippen LogP contribution in [0.25, 0.3) is 0 Å². The SMILES string of the molecule is Cc1nc(CSCC(C)C)ncc1[C@H](C)N. The summed E-state index contributed by atoms with van der Waals surface area (Å²) in [7, 11) is 0. The molecular formula is C12H21N3S. The summed E-state index contributed by atoms with van der Waals surface area (Å²) in [6.45, 7) is 8.40. The zero-order valence-electron chi connectivity index (χ0n) is 10.5. The lowest BCUT2D eigenvalue weighted by atomic mass is 10.1. The molecule has 90 valence electrons. The molecule has 0 saturated carbocycles. The van der Waals surface area contributed by atoms with Crippen LogP contribution in [0, 0.1) is 12.8 Å². The van der Waals surface area contributed by atoms with Crippen LogP contribution < -0.4 is 5.73 Å². The molecule has 4 heteroatoms. The average Bonchev–Trinajstić information content (AvgIpc) is 2.16. The Bertz CT molecular complexity index is 337. The standard InChI is InChI=1S/C12H21N3S/c1-8(2)6-16-7-12-14-5-11(9(3)13)10(4)15-12/h5,8-9H,6-7,13H2,1-4H3/t9-/m0/s1. The quantitative estimate of drug-likeness (QED) is 0.858. The number of thioether (sulfide) groups is 1. The van der Waals surface area contributed by atoms with Crippen molar-refractivity contribution in [1.82, 2.24) is 9.97 Å². The van der Waals surface area contributed by atoms with Crippen molar-refractivity contribution in [1.29, 1.82) is 0 Å². The molecule has 1 atom stereocenters. The summed E-state index contributed by atoms with van der Waals surface area (Å²) >= 11 is 1.88. The molecule has 1 aromatic heterocycles. The number of aromatic nitrogens is 2. The molecule has 3 nitrogen and oxygen atoms in total. The second-order valence-electron chi connectivity index (χ2n) is 4.52. The van der Waals surface area contributed by atoms with Crippen molar-refractivity contribution in [2.75, 3.05) is 5.75 Å². The third kappa shape index (κ3) is 4.10. The number of hydrogen-bond donors (Lipinski definition) is 1. The van der Waals surface area contributed by atoms with Gasteiger partial charge in [0, 0.05) is 23.5 Å². The van der Waals surface area contributed by atoms with E-state index in [-0.39, 0.29) is 6.04 Å². The molecule has 0 aliphatic rings. The Hall–Kier alpha value is -0.610. The van der Waals surface area contributed by atoms with Crippen LogP contribution in [0.3, 0.4) is 0 Å². The van der Waals surface area contributed by atoms with E-state index in [2.05, 4.69) is 23.8 Å². The van der Waals surface area contributed by atoms with Crippen LogP contribution in [0.1, 0.15) is 43.9 Å². The van der Waals surface area contributed by atoms with E-state index in [1.54, 1.807) is 0 Å². The van der Waals surface area contributed by atoms with Gasteiger partial charge in [-0.15, -0.1) is 0 Å². The Morgan fingerprint density at radius 2 is 2.06 bits per heavy atom. The van der Waals surface area contributed by atoms with Crippen molar-refractivity contribution in [3.05, 3.63) is 23.3 Å². The maximum Gasteiger partial charge on any atom is 0.138 e. The summed E-state index contributed by atoms with van der Waals surface area (Å²) in [5, 5.41) is 0. The van der Waals surface area contributed by atoms with E-state index < -0.39 is 0 Å². The summed E-state index contributed by atoms with van der Waals surface area (Å²) in [6, 6.07) is 0.0115. The molecule has 0 spiro atoms. The smallest absolute Gasteiger partial charge is 0.138 e. The van der Waals surface area contributed by atoms with E-state index in [0.717, 1.165) is 34.5 Å². The topological polar surface area (TPSA) is 51.8 Å². The zero-order valence-corrected chi connectivity index (χ0v) is 11.3. The maximum atomic E-state index is 5.82. The number of nitrogens with two attached hydrogens (primary N) is 1. The van der Waals surface area contributed by atoms with Gasteiger partial charge in [0.2, 0.25) is 0 Å². The van der Waals surface area contributed by atoms with Gasteiger partial charge in [0.25, 0.3) is 0 Å². The number of rotatable bonds is 5. The Morgan fingerprint density at radius 1 is 1.38 bits per heavy atom. The van der Waals surface area contributed by atoms with Gasteiger partial charge in [-0.05, 0) is 25.5 Å². The molecule has 2 N–H and O–H groups in total. The molecule has 0 aromatic carbocycles. The first-order valence-electron chi connectivity index (χ1n) is 5.66. The second kappa shape index (κ2) is 6.21. The van der Waals surface area contributed by atoms with Crippen LogP contribution >= 0.6 is 11.8 Å². The molecule has 1 rings (SSSR count). The molecule has 0 saturated heterocycles. The molecule has 1 heterocycles. The van der Waals surface area contributed by atoms with Gasteiger partial charge in [0.1, 0.15) is 5.82 Å². The molecule has 16 heavy (non-hydrogen) atoms. The Morgan fingerprint density at radius 3 is 2.56 bits per heavy atom. The molecule has 0 aliphatic carbocycles. The fourth-order valence-corrected chi connectivity index (χ4v) is 2.34. The van der Waals surface area contributed by atoms with Crippen molar-refractivity contribution in [3.63, 3.8) is 0 Å². The van der Waals surface area contributed by atoms with Crippen LogP contribution in [-0.2, 0) is 5.75 Å². The van der Waals surface area contributed by atoms with E-state index in [4.69, 9.17) is 5.73 Å². The molecule has 0 unspecified atom stereocenters. The lowest BCUT2D eigenvalue weighted by Crippen LogP contribution is -2.10. The second-order valence-corrected chi connectivity index (χ2v) is 5.55. The molecule has 0 fully saturated rings. The minimum Gasteiger partial charge on any atom is -0.324 e. The first-order chi connectivity index (χ1) is 7.50. The average molecular weight is 239 g/mol. The van der Waals surface area contributed by atoms with Crippen LogP contribution in [0.4, 0.5) is 0 Å². The Kier molecular flexibility index (Phi) is 5.22. The molecule has 1 aromatic rings. The fourth-order valence-electron chi connectivity index (χ4n) is 1.43. The van der Waals surface area contributed by atoms with Crippen molar-refractivity contribution in [3.8, 4) is 0 Å². The monoisotopic (exact) mass is 239 g/mol. The van der Waals surface area contributed by atoms with E-state index >= 15 is 0 Å². The van der Waals surface area contributed by atoms with Crippen molar-refractivity contribution in [2.45, 2.75) is 39.5 Å². The van der Waals surface area contributed by atoms with Crippen LogP contribution in [0.5, 0.6) is 0 Å². The van der Waals surface area contributed by atoms with Gasteiger partial charge in [0.05, 0.1) is 5.75 Å². The highest BCUT2D eigenvalue weighted by Crippen LogP contribution is 2.16. The van der Waals surface area contributed by atoms with E-state index in [9.17, 15) is 0 Å². The minimum absolute atomic E-state index is 0.0115. The van der Waals surface area contributed by atoms with Gasteiger partial charge in [-0.3, -0.25) is 0 Å². The summed E-state index contributed by atoms with van der Waals surface area (Å²) in [5.41, 5.74) is 7.86. The van der Waals surface area contributed by atoms with Gasteiger partial charge in [0.15, 0.2) is 0 Å². The summed E-state index contributed by atoms with van der Waals surface area (Å²) in [4.78, 5) is 8.82. The summed E-state index contributed by atoms with van der Waals surface area (Å²) in [5.74, 6) is 3.66. The van der Waals surface area contributed by atoms with Crippen molar-refractivity contribution in [2.24, 2.45) is 11.7 Å². The molecule has 0 amide bonds. The Balaban J connectivity index is 2.59. The van der Waals surface area contributed by atoms with Gasteiger partial charge in [-0.2, -0.15) is 11.8 Å². The largest absolute Gasteiger partial charge is 0.324 e. The third-order valence-corrected chi connectivity index (χ3v) is 3.60. The highest BCUT2D eigenvalue weighted by Gasteiger charge is 2.07. The van der Waals surface area contributed by atoms with Gasteiger partial charge < -0.3 is 5.73 Å². The van der Waals surface area contributed by atoms with E-state index in [0.29, 0.717) is 0 Å². The predicted octanol–water partition coefficient (Wildman–Crippen LogP) is 2.69. The molecular weight excluding hydrogens is 218 g/mol. The van der Waals surface area contributed by atoms with Gasteiger partial charge in [-0.25, -0.2) is 9.97 Å². The first-order valence-corrected chi connectivity index (χ1v) is 6.82. The van der Waals surface area contributed by atoms with E-state index in [1.165, 1.54) is 0 Å². The predicted molar refractivity (Wildman–Crippen MR) is 70.4 cm³/mol. The first kappa shape index (κ1) is 13.5. The molecule has 0 bridgehead atoms. The molecule has 0 aliphatic heterocycles. The van der Waals surface area contributed by atoms with Gasteiger partial charge in [-0.1, -0.05) is 13.8 Å². The highest BCUT2D eigenvalue weighted by molar-refractivity contribution is 7.98. The number of hydrogen-bond acceptors (Lipinski definition) is 4. The van der Waals surface area contributed by atoms with E-state index in [1.807, 2.05) is 31.8 Å². The highest BCUT2D eigenvalue weighted by atomic mass is 32.2. The van der Waals surface area contributed by atoms with Crippen LogP contribution in [0.2, 0.25) is 0 Å². The normalized spacial score (nSPS) is 13.1. The summed E-state index contributed by atoms with van der Waals surface area (Å²) < 4.78 is 0. The molecule has 0 radical (unpaired) electrons.